The summed E-state index contributed by atoms with van der Waals surface area (Å²) in [5, 5.41) is 17.0. The van der Waals surface area contributed by atoms with Gasteiger partial charge in [0.25, 0.3) is 17.7 Å². The number of nitrogens with zero attached hydrogens (tertiary/aromatic N) is 4. The van der Waals surface area contributed by atoms with Crippen molar-refractivity contribution in [3.63, 3.8) is 0 Å². The number of hydroxylamine groups is 2. The molecule has 214 valence electrons. The summed E-state index contributed by atoms with van der Waals surface area (Å²) in [4.78, 5) is 74.5. The van der Waals surface area contributed by atoms with Gasteiger partial charge in [0.15, 0.2) is 23.2 Å². The highest BCUT2D eigenvalue weighted by Gasteiger charge is 2.54. The predicted molar refractivity (Wildman–Crippen MR) is 144 cm³/mol. The van der Waals surface area contributed by atoms with E-state index in [1.165, 1.54) is 40.3 Å². The van der Waals surface area contributed by atoms with Gasteiger partial charge in [-0.25, -0.2) is 14.8 Å². The number of carbonyl (C=O) groups is 5. The van der Waals surface area contributed by atoms with Crippen molar-refractivity contribution in [1.29, 1.82) is 0 Å². The number of nitrogens with one attached hydrogen (secondary N) is 1. The number of nitrogen functional groups attached to an aromatic ring is 1. The summed E-state index contributed by atoms with van der Waals surface area (Å²) in [6.07, 6.45) is 1.90. The van der Waals surface area contributed by atoms with Crippen molar-refractivity contribution >= 4 is 63.4 Å². The van der Waals surface area contributed by atoms with Gasteiger partial charge < -0.3 is 21.0 Å². The molecule has 2 unspecified atom stereocenters. The van der Waals surface area contributed by atoms with Crippen LogP contribution in [0.15, 0.2) is 33.5 Å². The molecule has 14 nitrogen and oxygen atoms in total. The second-order valence-electron chi connectivity index (χ2n) is 10.0. The minimum atomic E-state index is -1.06. The zero-order valence-electron chi connectivity index (χ0n) is 22.1. The van der Waals surface area contributed by atoms with Crippen LogP contribution in [-0.2, 0) is 33.5 Å². The first-order chi connectivity index (χ1) is 18.9. The molecule has 0 bridgehead atoms. The third-order valence-electron chi connectivity index (χ3n) is 6.38. The lowest BCUT2D eigenvalue weighted by Crippen LogP contribution is -2.71. The summed E-state index contributed by atoms with van der Waals surface area (Å²) < 4.78 is 5.31. The molecule has 4 heterocycles. The van der Waals surface area contributed by atoms with Crippen LogP contribution in [0.25, 0.3) is 0 Å². The first-order valence-corrected chi connectivity index (χ1v) is 14.0. The number of amides is 3. The van der Waals surface area contributed by atoms with Gasteiger partial charge in [0.05, 0.1) is 13.7 Å². The summed E-state index contributed by atoms with van der Waals surface area (Å²) in [6.45, 7) is 4.90. The van der Waals surface area contributed by atoms with E-state index in [4.69, 9.17) is 15.3 Å². The van der Waals surface area contributed by atoms with Crippen molar-refractivity contribution in [2.45, 2.75) is 38.6 Å². The SMILES string of the molecule is CON1CCC(=CC2=C(C(=O)OCC(=O)C(C)(C)C)N3C(=O)C(NC(=O)C(=NO)c4csc(N)n4)C3SC2)C1=O. The van der Waals surface area contributed by atoms with Crippen molar-refractivity contribution in [3.05, 3.63) is 34.0 Å². The van der Waals surface area contributed by atoms with E-state index in [2.05, 4.69) is 15.5 Å². The van der Waals surface area contributed by atoms with Crippen LogP contribution in [0.4, 0.5) is 5.13 Å². The monoisotopic (exact) mass is 592 g/mol. The Bertz CT molecular complexity index is 1360. The Morgan fingerprint density at radius 2 is 2.05 bits per heavy atom. The molecule has 2 fully saturated rings. The molecule has 4 N–H and O–H groups in total. The molecule has 3 aliphatic rings. The number of thioether (sulfide) groups is 1. The molecule has 3 amide bonds. The molecule has 0 radical (unpaired) electrons. The average Bonchev–Trinajstić information content (AvgIpc) is 3.49. The van der Waals surface area contributed by atoms with Crippen LogP contribution in [0, 0.1) is 5.41 Å². The van der Waals surface area contributed by atoms with Crippen molar-refractivity contribution in [1.82, 2.24) is 20.3 Å². The first-order valence-electron chi connectivity index (χ1n) is 12.1. The number of hydrogen-bond acceptors (Lipinski definition) is 13. The molecule has 2 saturated heterocycles. The van der Waals surface area contributed by atoms with E-state index in [1.54, 1.807) is 20.8 Å². The Labute approximate surface area is 237 Å². The number of β-lactam (4-membered cyclic amide) rings is 1. The fourth-order valence-corrected chi connectivity index (χ4v) is 5.94. The maximum atomic E-state index is 13.3. The second kappa shape index (κ2) is 11.4. The Hall–Kier alpha value is -3.76. The summed E-state index contributed by atoms with van der Waals surface area (Å²) >= 11 is 2.30. The van der Waals surface area contributed by atoms with Gasteiger partial charge in [-0.05, 0) is 18.1 Å². The summed E-state index contributed by atoms with van der Waals surface area (Å²) in [7, 11) is 1.37. The summed E-state index contributed by atoms with van der Waals surface area (Å²) in [5.41, 5.74) is 5.10. The normalized spacial score (nSPS) is 22.4. The number of nitrogens with two attached hydrogens (primary N) is 1. The van der Waals surface area contributed by atoms with Gasteiger partial charge in [-0.15, -0.1) is 23.1 Å². The van der Waals surface area contributed by atoms with Crippen LogP contribution in [0.2, 0.25) is 0 Å². The molecule has 0 aliphatic carbocycles. The topological polar surface area (TPSA) is 194 Å². The molecule has 4 rings (SSSR count). The molecule has 0 aromatic carbocycles. The highest BCUT2D eigenvalue weighted by Crippen LogP contribution is 2.41. The van der Waals surface area contributed by atoms with E-state index in [1.807, 2.05) is 0 Å². The minimum Gasteiger partial charge on any atom is -0.453 e. The molecule has 1 aromatic heterocycles. The zero-order chi connectivity index (χ0) is 29.4. The van der Waals surface area contributed by atoms with E-state index in [-0.39, 0.29) is 34.0 Å². The number of fused-ring (bicyclic) bond motifs is 1. The number of aromatic nitrogens is 1. The van der Waals surface area contributed by atoms with E-state index >= 15 is 0 Å². The first kappa shape index (κ1) is 29.2. The number of oxime groups is 1. The number of hydrogen-bond donors (Lipinski definition) is 3. The van der Waals surface area contributed by atoms with Crippen molar-refractivity contribution in [3.8, 4) is 0 Å². The molecule has 0 saturated carbocycles. The number of allylic oxidation sites excluding steroid dienone is 1. The Balaban J connectivity index is 1.59. The number of thiazole rings is 1. The smallest absolute Gasteiger partial charge is 0.355 e. The maximum absolute atomic E-state index is 13.3. The molecular weight excluding hydrogens is 564 g/mol. The summed E-state index contributed by atoms with van der Waals surface area (Å²) in [5.74, 6) is -2.87. The molecule has 1 aromatic rings. The van der Waals surface area contributed by atoms with E-state index in [0.717, 1.165) is 11.3 Å². The quantitative estimate of drug-likeness (QED) is 0.0946. The van der Waals surface area contributed by atoms with Crippen LogP contribution in [-0.4, -0.2) is 92.8 Å². The zero-order valence-corrected chi connectivity index (χ0v) is 23.8. The lowest BCUT2D eigenvalue weighted by molar-refractivity contribution is -0.164. The van der Waals surface area contributed by atoms with Crippen LogP contribution >= 0.6 is 23.1 Å². The lowest BCUT2D eigenvalue weighted by atomic mass is 9.91. The fraction of sp³-hybridized carbons (Fsp3) is 0.458. The van der Waals surface area contributed by atoms with Gasteiger partial charge in [-0.1, -0.05) is 25.9 Å². The van der Waals surface area contributed by atoms with E-state index < -0.39 is 46.9 Å². The molecule has 40 heavy (non-hydrogen) atoms. The van der Waals surface area contributed by atoms with Gasteiger partial charge in [-0.2, -0.15) is 0 Å². The third-order valence-corrected chi connectivity index (χ3v) is 8.36. The van der Waals surface area contributed by atoms with Crippen molar-refractivity contribution in [2.75, 3.05) is 31.7 Å². The second-order valence-corrected chi connectivity index (χ2v) is 12.0. The van der Waals surface area contributed by atoms with Gasteiger partial charge in [0, 0.05) is 22.1 Å². The Morgan fingerprint density at radius 3 is 2.62 bits per heavy atom. The Morgan fingerprint density at radius 1 is 1.32 bits per heavy atom. The standard InChI is InChI=1S/C24H28N6O8S2/c1-24(2,3)14(31)8-38-22(35)17-12(7-11-5-6-29(37-4)19(11)33)9-39-21-16(20(34)30(17)21)27-18(32)15(28-36)13-10-40-23(25)26-13/h7,10,16,21,36H,5-6,8-9H2,1-4H3,(H2,25,26)(H,27,32). The van der Waals surface area contributed by atoms with Crippen LogP contribution in [0.3, 0.4) is 0 Å². The predicted octanol–water partition coefficient (Wildman–Crippen LogP) is 0.436. The van der Waals surface area contributed by atoms with Gasteiger partial charge >= 0.3 is 5.97 Å². The number of esters is 1. The number of carbonyl (C=O) groups excluding carboxylic acids is 5. The van der Waals surface area contributed by atoms with Crippen LogP contribution in [0.1, 0.15) is 32.9 Å². The van der Waals surface area contributed by atoms with Gasteiger partial charge in [0.2, 0.25) is 0 Å². The number of ketones is 1. The molecule has 16 heteroatoms. The Kier molecular flexibility index (Phi) is 8.32. The van der Waals surface area contributed by atoms with Gasteiger partial charge in [-0.3, -0.25) is 28.9 Å². The number of anilines is 1. The molecule has 2 atom stereocenters. The number of rotatable bonds is 8. The third kappa shape index (κ3) is 5.59. The van der Waals surface area contributed by atoms with Crippen LogP contribution in [0.5, 0.6) is 0 Å². The molecular formula is C24H28N6O8S2. The van der Waals surface area contributed by atoms with Crippen molar-refractivity contribution in [2.24, 2.45) is 10.6 Å². The molecule has 0 spiro atoms. The molecule has 3 aliphatic heterocycles. The number of Topliss-reactive ketones (excluding diaryl/α,β-unsaturated/α-hetero) is 1. The maximum Gasteiger partial charge on any atom is 0.355 e. The highest BCUT2D eigenvalue weighted by molar-refractivity contribution is 8.00. The highest BCUT2D eigenvalue weighted by atomic mass is 32.2. The van der Waals surface area contributed by atoms with E-state index in [0.29, 0.717) is 24.1 Å². The minimum absolute atomic E-state index is 0.0374. The van der Waals surface area contributed by atoms with Gasteiger partial charge in [0.1, 0.15) is 22.8 Å². The van der Waals surface area contributed by atoms with Crippen molar-refractivity contribution < 1.29 is 38.8 Å². The lowest BCUT2D eigenvalue weighted by Gasteiger charge is -2.49. The largest absolute Gasteiger partial charge is 0.453 e. The average molecular weight is 593 g/mol. The fourth-order valence-electron chi connectivity index (χ4n) is 4.09. The number of ether oxygens (including phenoxy) is 1. The summed E-state index contributed by atoms with van der Waals surface area (Å²) in [6, 6.07) is -1.06. The van der Waals surface area contributed by atoms with E-state index in [9.17, 15) is 29.2 Å². The van der Waals surface area contributed by atoms with Crippen LogP contribution < -0.4 is 11.1 Å².